The monoisotopic (exact) mass is 325 g/mol. The minimum absolute atomic E-state index is 0.0955. The molecular formula is C14H16FN3O3S. The molecule has 22 heavy (non-hydrogen) atoms. The van der Waals surface area contributed by atoms with Crippen LogP contribution in [0.15, 0.2) is 41.6 Å². The van der Waals surface area contributed by atoms with E-state index in [0.29, 0.717) is 5.56 Å². The van der Waals surface area contributed by atoms with Gasteiger partial charge in [0.2, 0.25) is 5.91 Å². The molecule has 0 aliphatic carbocycles. The van der Waals surface area contributed by atoms with Crippen LogP contribution in [0.5, 0.6) is 0 Å². The number of aromatic nitrogens is 2. The molecule has 2 rings (SSSR count). The lowest BCUT2D eigenvalue weighted by Crippen LogP contribution is -2.31. The van der Waals surface area contributed by atoms with E-state index in [1.807, 2.05) is 4.72 Å². The Hall–Kier alpha value is -2.22. The molecule has 8 heteroatoms. The molecule has 0 saturated carbocycles. The molecule has 1 atom stereocenters. The highest BCUT2D eigenvalue weighted by Crippen LogP contribution is 2.22. The van der Waals surface area contributed by atoms with Crippen molar-refractivity contribution in [3.8, 4) is 0 Å². The Morgan fingerprint density at radius 1 is 1.41 bits per heavy atom. The van der Waals surface area contributed by atoms with Crippen LogP contribution >= 0.6 is 0 Å². The Balaban J connectivity index is 2.06. The van der Waals surface area contributed by atoms with Crippen molar-refractivity contribution >= 4 is 15.9 Å². The number of hydrogen-bond donors (Lipinski definition) is 1. The molecule has 0 bridgehead atoms. The van der Waals surface area contributed by atoms with Crippen molar-refractivity contribution in [3.63, 3.8) is 0 Å². The molecule has 0 radical (unpaired) electrons. The summed E-state index contributed by atoms with van der Waals surface area (Å²) >= 11 is 0. The summed E-state index contributed by atoms with van der Waals surface area (Å²) in [4.78, 5) is 11.8. The average molecular weight is 325 g/mol. The Labute approximate surface area is 128 Å². The van der Waals surface area contributed by atoms with Gasteiger partial charge < -0.3 is 0 Å². The van der Waals surface area contributed by atoms with Gasteiger partial charge in [0.1, 0.15) is 10.7 Å². The van der Waals surface area contributed by atoms with E-state index in [1.54, 1.807) is 32.2 Å². The number of amides is 1. The Bertz CT molecular complexity index is 786. The number of carbonyl (C=O) groups excluding carboxylic acids is 1. The van der Waals surface area contributed by atoms with Gasteiger partial charge in [-0.25, -0.2) is 17.5 Å². The van der Waals surface area contributed by atoms with E-state index in [9.17, 15) is 17.6 Å². The van der Waals surface area contributed by atoms with Crippen LogP contribution in [0.4, 0.5) is 4.39 Å². The van der Waals surface area contributed by atoms with Crippen molar-refractivity contribution in [2.75, 3.05) is 0 Å². The fraction of sp³-hybridized carbons (Fsp3) is 0.286. The van der Waals surface area contributed by atoms with E-state index in [2.05, 4.69) is 5.10 Å². The Kier molecular flexibility index (Phi) is 4.60. The summed E-state index contributed by atoms with van der Waals surface area (Å²) in [5.74, 6) is -1.55. The van der Waals surface area contributed by atoms with Gasteiger partial charge in [0, 0.05) is 19.7 Å². The molecule has 0 aliphatic heterocycles. The highest BCUT2D eigenvalue weighted by atomic mass is 32.2. The number of aryl methyl sites for hydroxylation is 1. The second-order valence-corrected chi connectivity index (χ2v) is 6.69. The van der Waals surface area contributed by atoms with Crippen LogP contribution in [0.1, 0.15) is 24.8 Å². The molecule has 1 N–H and O–H groups in total. The molecular weight excluding hydrogens is 309 g/mol. The fourth-order valence-corrected chi connectivity index (χ4v) is 3.03. The third-order valence-electron chi connectivity index (χ3n) is 3.17. The number of nitrogens with one attached hydrogen (secondary N) is 1. The van der Waals surface area contributed by atoms with Crippen LogP contribution in [0.2, 0.25) is 0 Å². The predicted molar refractivity (Wildman–Crippen MR) is 78.0 cm³/mol. The van der Waals surface area contributed by atoms with Gasteiger partial charge in [-0.2, -0.15) is 5.10 Å². The summed E-state index contributed by atoms with van der Waals surface area (Å²) in [6.07, 6.45) is 2.30. The van der Waals surface area contributed by atoms with Gasteiger partial charge in [0.05, 0.1) is 6.20 Å². The van der Waals surface area contributed by atoms with Gasteiger partial charge in [0.25, 0.3) is 10.0 Å². The number of halogens is 1. The standard InChI is InChI=1S/C14H16FN3O3S/c1-10(12-5-3-4-6-13(12)15)7-14(19)17-22(20,21)11-8-16-18(2)9-11/h3-6,8-10H,7H2,1-2H3,(H,17,19)/t10-/m0/s1. The van der Waals surface area contributed by atoms with Crippen molar-refractivity contribution in [3.05, 3.63) is 48.0 Å². The Morgan fingerprint density at radius 2 is 2.09 bits per heavy atom. The van der Waals surface area contributed by atoms with Crippen molar-refractivity contribution in [2.45, 2.75) is 24.2 Å². The summed E-state index contributed by atoms with van der Waals surface area (Å²) in [5.41, 5.74) is 0.372. The number of hydrogen-bond acceptors (Lipinski definition) is 4. The SMILES string of the molecule is C[C@@H](CC(=O)NS(=O)(=O)c1cnn(C)c1)c1ccccc1F. The molecule has 2 aromatic rings. The smallest absolute Gasteiger partial charge is 0.267 e. The van der Waals surface area contributed by atoms with Gasteiger partial charge in [-0.1, -0.05) is 25.1 Å². The maximum atomic E-state index is 13.6. The summed E-state index contributed by atoms with van der Waals surface area (Å²) < 4.78 is 40.9. The van der Waals surface area contributed by atoms with Crippen molar-refractivity contribution < 1.29 is 17.6 Å². The first-order valence-corrected chi connectivity index (χ1v) is 8.06. The lowest BCUT2D eigenvalue weighted by Gasteiger charge is -2.12. The molecule has 1 amide bonds. The van der Waals surface area contributed by atoms with Crippen LogP contribution < -0.4 is 4.72 Å². The third kappa shape index (κ3) is 3.70. The first-order valence-electron chi connectivity index (χ1n) is 6.58. The maximum Gasteiger partial charge on any atom is 0.267 e. The topological polar surface area (TPSA) is 81.1 Å². The molecule has 0 spiro atoms. The van der Waals surface area contributed by atoms with Crippen LogP contribution in [-0.2, 0) is 21.9 Å². The lowest BCUT2D eigenvalue weighted by molar-refractivity contribution is -0.119. The van der Waals surface area contributed by atoms with Crippen LogP contribution in [0, 0.1) is 5.82 Å². The second-order valence-electron chi connectivity index (χ2n) is 5.01. The van der Waals surface area contributed by atoms with E-state index in [0.717, 1.165) is 6.20 Å². The summed E-state index contributed by atoms with van der Waals surface area (Å²) in [6.45, 7) is 1.66. The molecule has 6 nitrogen and oxygen atoms in total. The van der Waals surface area contributed by atoms with E-state index in [1.165, 1.54) is 16.9 Å². The highest BCUT2D eigenvalue weighted by molar-refractivity contribution is 7.90. The molecule has 0 fully saturated rings. The first kappa shape index (κ1) is 16.2. The van der Waals surface area contributed by atoms with Gasteiger partial charge in [-0.3, -0.25) is 9.48 Å². The van der Waals surface area contributed by atoms with Crippen molar-refractivity contribution in [1.82, 2.24) is 14.5 Å². The van der Waals surface area contributed by atoms with Crippen LogP contribution in [0.25, 0.3) is 0 Å². The highest BCUT2D eigenvalue weighted by Gasteiger charge is 2.21. The first-order chi connectivity index (χ1) is 10.3. The molecule has 1 aromatic carbocycles. The van der Waals surface area contributed by atoms with E-state index in [4.69, 9.17) is 0 Å². The normalized spacial score (nSPS) is 12.9. The molecule has 118 valence electrons. The number of rotatable bonds is 5. The number of nitrogens with zero attached hydrogens (tertiary/aromatic N) is 2. The zero-order chi connectivity index (χ0) is 16.3. The van der Waals surface area contributed by atoms with Gasteiger partial charge in [0.15, 0.2) is 0 Å². The average Bonchev–Trinajstić information content (AvgIpc) is 2.86. The molecule has 1 aromatic heterocycles. The molecule has 1 heterocycles. The number of carbonyl (C=O) groups is 1. The predicted octanol–water partition coefficient (Wildman–Crippen LogP) is 1.56. The summed E-state index contributed by atoms with van der Waals surface area (Å²) in [6, 6.07) is 6.09. The number of sulfonamides is 1. The summed E-state index contributed by atoms with van der Waals surface area (Å²) in [5, 5.41) is 3.75. The van der Waals surface area contributed by atoms with Crippen molar-refractivity contribution in [1.29, 1.82) is 0 Å². The van der Waals surface area contributed by atoms with Gasteiger partial charge in [-0.15, -0.1) is 0 Å². The zero-order valence-electron chi connectivity index (χ0n) is 12.2. The van der Waals surface area contributed by atoms with E-state index in [-0.39, 0.29) is 11.3 Å². The maximum absolute atomic E-state index is 13.6. The fourth-order valence-electron chi connectivity index (χ4n) is 2.05. The van der Waals surface area contributed by atoms with E-state index >= 15 is 0 Å². The second kappa shape index (κ2) is 6.27. The van der Waals surface area contributed by atoms with Crippen LogP contribution in [-0.4, -0.2) is 24.1 Å². The van der Waals surface area contributed by atoms with Crippen LogP contribution in [0.3, 0.4) is 0 Å². The third-order valence-corrected chi connectivity index (χ3v) is 4.50. The lowest BCUT2D eigenvalue weighted by atomic mass is 9.97. The minimum Gasteiger partial charge on any atom is -0.274 e. The number of benzene rings is 1. The molecule has 0 saturated heterocycles. The quantitative estimate of drug-likeness (QED) is 0.904. The molecule has 0 unspecified atom stereocenters. The van der Waals surface area contributed by atoms with Gasteiger partial charge >= 0.3 is 0 Å². The largest absolute Gasteiger partial charge is 0.274 e. The zero-order valence-corrected chi connectivity index (χ0v) is 13.0. The van der Waals surface area contributed by atoms with Gasteiger partial charge in [-0.05, 0) is 17.5 Å². The Morgan fingerprint density at radius 3 is 2.68 bits per heavy atom. The minimum atomic E-state index is -3.95. The van der Waals surface area contributed by atoms with Crippen molar-refractivity contribution in [2.24, 2.45) is 7.05 Å². The summed E-state index contributed by atoms with van der Waals surface area (Å²) in [7, 11) is -2.38. The van der Waals surface area contributed by atoms with E-state index < -0.39 is 27.7 Å². The molecule has 0 aliphatic rings.